The summed E-state index contributed by atoms with van der Waals surface area (Å²) in [5.41, 5.74) is 1.11. The largest absolute Gasteiger partial charge is 0.494 e. The van der Waals surface area contributed by atoms with Crippen molar-refractivity contribution >= 4 is 11.8 Å². The summed E-state index contributed by atoms with van der Waals surface area (Å²) in [5.74, 6) is 0.00165. The molecule has 1 aromatic heterocycles. The molecular weight excluding hydrogens is 423 g/mol. The lowest BCUT2D eigenvalue weighted by atomic mass is 10.0. The SMILES string of the molecule is CCOc1ccc(C(=O)N[C@H](C(=O)N[C@H](c2ccc(F)cc2)c2nccn2C)C(C)C)cc1. The van der Waals surface area contributed by atoms with Crippen LogP contribution in [-0.4, -0.2) is 34.0 Å². The van der Waals surface area contributed by atoms with Crippen molar-refractivity contribution in [1.82, 2.24) is 20.2 Å². The number of nitrogens with one attached hydrogen (secondary N) is 2. The molecule has 0 bridgehead atoms. The molecule has 3 aromatic rings. The van der Waals surface area contributed by atoms with Crippen molar-refractivity contribution in [2.75, 3.05) is 6.61 Å². The second kappa shape index (κ2) is 10.8. The Morgan fingerprint density at radius 3 is 2.27 bits per heavy atom. The van der Waals surface area contributed by atoms with Crippen LogP contribution in [0.5, 0.6) is 5.75 Å². The van der Waals surface area contributed by atoms with Gasteiger partial charge in [0.25, 0.3) is 5.91 Å². The van der Waals surface area contributed by atoms with Crippen molar-refractivity contribution in [3.05, 3.63) is 83.7 Å². The minimum atomic E-state index is -0.785. The van der Waals surface area contributed by atoms with E-state index in [1.54, 1.807) is 53.4 Å². The van der Waals surface area contributed by atoms with E-state index in [-0.39, 0.29) is 23.5 Å². The molecule has 33 heavy (non-hydrogen) atoms. The number of halogens is 1. The summed E-state index contributed by atoms with van der Waals surface area (Å²) in [7, 11) is 1.82. The predicted molar refractivity (Wildman–Crippen MR) is 123 cm³/mol. The highest BCUT2D eigenvalue weighted by atomic mass is 19.1. The Bertz CT molecular complexity index is 1080. The van der Waals surface area contributed by atoms with Crippen LogP contribution in [0.3, 0.4) is 0 Å². The Kier molecular flexibility index (Phi) is 7.82. The van der Waals surface area contributed by atoms with Crippen molar-refractivity contribution in [1.29, 1.82) is 0 Å². The van der Waals surface area contributed by atoms with Crippen molar-refractivity contribution in [2.24, 2.45) is 13.0 Å². The minimum absolute atomic E-state index is 0.174. The van der Waals surface area contributed by atoms with E-state index in [1.807, 2.05) is 27.8 Å². The molecule has 0 saturated carbocycles. The highest BCUT2D eigenvalue weighted by Gasteiger charge is 2.29. The lowest BCUT2D eigenvalue weighted by Crippen LogP contribution is -2.50. The second-order valence-corrected chi connectivity index (χ2v) is 8.04. The van der Waals surface area contributed by atoms with Crippen LogP contribution in [-0.2, 0) is 11.8 Å². The second-order valence-electron chi connectivity index (χ2n) is 8.04. The van der Waals surface area contributed by atoms with Gasteiger partial charge in [-0.1, -0.05) is 26.0 Å². The number of aromatic nitrogens is 2. The number of ether oxygens (including phenoxy) is 1. The first kappa shape index (κ1) is 24.0. The van der Waals surface area contributed by atoms with Gasteiger partial charge in [-0.3, -0.25) is 9.59 Å². The minimum Gasteiger partial charge on any atom is -0.494 e. The lowest BCUT2D eigenvalue weighted by Gasteiger charge is -2.26. The average molecular weight is 453 g/mol. The Morgan fingerprint density at radius 2 is 1.73 bits per heavy atom. The molecule has 1 heterocycles. The zero-order valence-corrected chi connectivity index (χ0v) is 19.2. The fraction of sp³-hybridized carbons (Fsp3) is 0.320. The number of hydrogen-bond donors (Lipinski definition) is 2. The third kappa shape index (κ3) is 5.97. The summed E-state index contributed by atoms with van der Waals surface area (Å²) >= 11 is 0. The number of hydrogen-bond acceptors (Lipinski definition) is 4. The van der Waals surface area contributed by atoms with E-state index in [4.69, 9.17) is 4.74 Å². The Hall–Kier alpha value is -3.68. The quantitative estimate of drug-likeness (QED) is 0.519. The molecule has 0 unspecified atom stereocenters. The monoisotopic (exact) mass is 452 g/mol. The molecular formula is C25H29FN4O3. The Balaban J connectivity index is 1.80. The van der Waals surface area contributed by atoms with Gasteiger partial charge < -0.3 is 19.9 Å². The van der Waals surface area contributed by atoms with E-state index < -0.39 is 12.1 Å². The summed E-state index contributed by atoms with van der Waals surface area (Å²) in [5, 5.41) is 5.81. The smallest absolute Gasteiger partial charge is 0.251 e. The Morgan fingerprint density at radius 1 is 1.06 bits per heavy atom. The van der Waals surface area contributed by atoms with Crippen LogP contribution in [0.1, 0.15) is 48.6 Å². The zero-order valence-electron chi connectivity index (χ0n) is 19.2. The van der Waals surface area contributed by atoms with Gasteiger partial charge in [-0.05, 0) is 54.8 Å². The topological polar surface area (TPSA) is 85.2 Å². The molecule has 2 N–H and O–H groups in total. The van der Waals surface area contributed by atoms with Gasteiger partial charge >= 0.3 is 0 Å². The van der Waals surface area contributed by atoms with Crippen molar-refractivity contribution in [2.45, 2.75) is 32.9 Å². The van der Waals surface area contributed by atoms with Gasteiger partial charge in [-0.15, -0.1) is 0 Å². The number of nitrogens with zero attached hydrogens (tertiary/aromatic N) is 2. The van der Waals surface area contributed by atoms with Crippen LogP contribution in [0, 0.1) is 11.7 Å². The van der Waals surface area contributed by atoms with Crippen LogP contribution in [0.4, 0.5) is 4.39 Å². The third-order valence-corrected chi connectivity index (χ3v) is 5.27. The lowest BCUT2D eigenvalue weighted by molar-refractivity contribution is -0.124. The maximum atomic E-state index is 13.5. The molecule has 0 aliphatic carbocycles. The van der Waals surface area contributed by atoms with E-state index in [2.05, 4.69) is 15.6 Å². The molecule has 8 heteroatoms. The van der Waals surface area contributed by atoms with Gasteiger partial charge in [0, 0.05) is 25.0 Å². The van der Waals surface area contributed by atoms with E-state index in [9.17, 15) is 14.0 Å². The summed E-state index contributed by atoms with van der Waals surface area (Å²) in [4.78, 5) is 30.5. The molecule has 3 rings (SSSR count). The molecule has 0 aliphatic heterocycles. The normalized spacial score (nSPS) is 12.8. The molecule has 0 aliphatic rings. The number of aryl methyl sites for hydroxylation is 1. The third-order valence-electron chi connectivity index (χ3n) is 5.27. The standard InChI is InChI=1S/C25H29FN4O3/c1-5-33-20-12-8-18(9-13-20)24(31)28-21(16(2)3)25(32)29-22(23-27-14-15-30(23)4)17-6-10-19(26)11-7-17/h6-16,21-22H,5H2,1-4H3,(H,28,31)(H,29,32)/t21-,22+/m0/s1. The fourth-order valence-corrected chi connectivity index (χ4v) is 3.47. The number of benzene rings is 2. The van der Waals surface area contributed by atoms with Crippen LogP contribution >= 0.6 is 0 Å². The van der Waals surface area contributed by atoms with Gasteiger partial charge in [0.2, 0.25) is 5.91 Å². The van der Waals surface area contributed by atoms with Crippen LogP contribution < -0.4 is 15.4 Å². The number of carbonyl (C=O) groups is 2. The molecule has 0 radical (unpaired) electrons. The first-order valence-corrected chi connectivity index (χ1v) is 10.9. The van der Waals surface area contributed by atoms with Gasteiger partial charge in [-0.25, -0.2) is 9.37 Å². The highest BCUT2D eigenvalue weighted by Crippen LogP contribution is 2.22. The maximum absolute atomic E-state index is 13.5. The molecule has 174 valence electrons. The summed E-state index contributed by atoms with van der Waals surface area (Å²) in [6.45, 7) is 6.13. The van der Waals surface area contributed by atoms with Gasteiger partial charge in [-0.2, -0.15) is 0 Å². The molecule has 0 spiro atoms. The number of carbonyl (C=O) groups excluding carboxylic acids is 2. The first-order valence-electron chi connectivity index (χ1n) is 10.9. The number of imidazole rings is 1. The Labute approximate surface area is 193 Å². The van der Waals surface area contributed by atoms with Crippen LogP contribution in [0.15, 0.2) is 60.9 Å². The predicted octanol–water partition coefficient (Wildman–Crippen LogP) is 3.62. The van der Waals surface area contributed by atoms with Crippen LogP contribution in [0.25, 0.3) is 0 Å². The number of amides is 2. The van der Waals surface area contributed by atoms with E-state index in [0.29, 0.717) is 29.3 Å². The molecule has 2 aromatic carbocycles. The maximum Gasteiger partial charge on any atom is 0.251 e. The van der Waals surface area contributed by atoms with E-state index in [1.165, 1.54) is 12.1 Å². The molecule has 0 saturated heterocycles. The molecule has 2 amide bonds. The van der Waals surface area contributed by atoms with Crippen molar-refractivity contribution in [3.63, 3.8) is 0 Å². The molecule has 2 atom stereocenters. The zero-order chi connectivity index (χ0) is 24.0. The average Bonchev–Trinajstić information content (AvgIpc) is 3.22. The summed E-state index contributed by atoms with van der Waals surface area (Å²) in [6.07, 6.45) is 3.40. The summed E-state index contributed by atoms with van der Waals surface area (Å²) in [6, 6.07) is 11.2. The van der Waals surface area contributed by atoms with Crippen molar-refractivity contribution in [3.8, 4) is 5.75 Å². The summed E-state index contributed by atoms with van der Waals surface area (Å²) < 4.78 is 20.7. The van der Waals surface area contributed by atoms with Gasteiger partial charge in [0.05, 0.1) is 6.61 Å². The van der Waals surface area contributed by atoms with Crippen molar-refractivity contribution < 1.29 is 18.7 Å². The van der Waals surface area contributed by atoms with E-state index >= 15 is 0 Å². The molecule has 0 fully saturated rings. The highest BCUT2D eigenvalue weighted by molar-refractivity contribution is 5.97. The van der Waals surface area contributed by atoms with Gasteiger partial charge in [0.1, 0.15) is 29.5 Å². The first-order chi connectivity index (χ1) is 15.8. The fourth-order valence-electron chi connectivity index (χ4n) is 3.47. The number of rotatable bonds is 9. The van der Waals surface area contributed by atoms with E-state index in [0.717, 1.165) is 0 Å². The molecule has 7 nitrogen and oxygen atoms in total. The van der Waals surface area contributed by atoms with Gasteiger partial charge in [0.15, 0.2) is 0 Å². The van der Waals surface area contributed by atoms with Crippen LogP contribution in [0.2, 0.25) is 0 Å².